The van der Waals surface area contributed by atoms with Crippen LogP contribution in [0.1, 0.15) is 25.3 Å². The van der Waals surface area contributed by atoms with E-state index in [1.54, 1.807) is 12.3 Å². The van der Waals surface area contributed by atoms with Crippen LogP contribution in [0.2, 0.25) is 0 Å². The minimum Gasteiger partial charge on any atom is -0.354 e. The third-order valence-electron chi connectivity index (χ3n) is 2.78. The summed E-state index contributed by atoms with van der Waals surface area (Å²) in [5, 5.41) is 16.9. The number of nitrogens with zero attached hydrogens (tertiary/aromatic N) is 4. The Morgan fingerprint density at radius 2 is 2.47 bits per heavy atom. The smallest absolute Gasteiger partial charge is 0.169 e. The fourth-order valence-corrected chi connectivity index (χ4v) is 2.03. The van der Waals surface area contributed by atoms with Crippen LogP contribution in [0.25, 0.3) is 0 Å². The first-order valence-corrected chi connectivity index (χ1v) is 5.28. The number of hydrogen-bond donors (Lipinski definition) is 0. The molecule has 4 heteroatoms. The standard InChI is InChI=1S/C11H14N4/c1-9-3-2-6-15(8-9)11-10(7-12)4-5-13-14-11/h4-5,9H,2-3,6,8H2,1H3. The molecule has 0 amide bonds. The molecular formula is C11H14N4. The maximum absolute atomic E-state index is 8.97. The van der Waals surface area contributed by atoms with E-state index in [9.17, 15) is 0 Å². The summed E-state index contributed by atoms with van der Waals surface area (Å²) in [4.78, 5) is 2.17. The van der Waals surface area contributed by atoms with Gasteiger partial charge in [0.05, 0.1) is 11.8 Å². The monoisotopic (exact) mass is 202 g/mol. The summed E-state index contributed by atoms with van der Waals surface area (Å²) in [6, 6.07) is 3.89. The Bertz CT molecular complexity index is 382. The number of piperidine rings is 1. The molecule has 1 aliphatic rings. The van der Waals surface area contributed by atoms with Gasteiger partial charge in [0, 0.05) is 13.1 Å². The normalized spacial score (nSPS) is 21.1. The summed E-state index contributed by atoms with van der Waals surface area (Å²) < 4.78 is 0. The molecule has 0 bridgehead atoms. The van der Waals surface area contributed by atoms with Crippen LogP contribution in [-0.4, -0.2) is 23.3 Å². The van der Waals surface area contributed by atoms with E-state index in [2.05, 4.69) is 28.1 Å². The third kappa shape index (κ3) is 2.07. The van der Waals surface area contributed by atoms with Crippen molar-refractivity contribution in [1.29, 1.82) is 5.26 Å². The Labute approximate surface area is 89.5 Å². The van der Waals surface area contributed by atoms with Gasteiger partial charge in [0.15, 0.2) is 5.82 Å². The second kappa shape index (κ2) is 4.26. The molecule has 1 aliphatic heterocycles. The average Bonchev–Trinajstić information content (AvgIpc) is 2.29. The molecule has 1 fully saturated rings. The van der Waals surface area contributed by atoms with Gasteiger partial charge in [-0.25, -0.2) is 0 Å². The molecule has 0 aliphatic carbocycles. The number of aromatic nitrogens is 2. The molecule has 0 N–H and O–H groups in total. The van der Waals surface area contributed by atoms with Crippen LogP contribution < -0.4 is 4.90 Å². The SMILES string of the molecule is CC1CCCN(c2nnccc2C#N)C1. The van der Waals surface area contributed by atoms with Crippen LogP contribution in [0.3, 0.4) is 0 Å². The predicted molar refractivity (Wildman–Crippen MR) is 57.4 cm³/mol. The zero-order valence-electron chi connectivity index (χ0n) is 8.85. The van der Waals surface area contributed by atoms with Crippen molar-refractivity contribution in [3.05, 3.63) is 17.8 Å². The highest BCUT2D eigenvalue weighted by atomic mass is 15.3. The van der Waals surface area contributed by atoms with Crippen LogP contribution in [0.4, 0.5) is 5.82 Å². The van der Waals surface area contributed by atoms with Gasteiger partial charge in [-0.3, -0.25) is 0 Å². The van der Waals surface area contributed by atoms with Crippen molar-refractivity contribution in [2.24, 2.45) is 5.92 Å². The first-order chi connectivity index (χ1) is 7.31. The number of rotatable bonds is 1. The van der Waals surface area contributed by atoms with E-state index in [1.165, 1.54) is 12.8 Å². The molecule has 0 radical (unpaired) electrons. The van der Waals surface area contributed by atoms with Crippen molar-refractivity contribution >= 4 is 5.82 Å². The highest BCUT2D eigenvalue weighted by Crippen LogP contribution is 2.22. The highest BCUT2D eigenvalue weighted by molar-refractivity contribution is 5.52. The minimum atomic E-state index is 0.624. The zero-order valence-corrected chi connectivity index (χ0v) is 8.85. The largest absolute Gasteiger partial charge is 0.354 e. The van der Waals surface area contributed by atoms with Crippen molar-refractivity contribution < 1.29 is 0 Å². The van der Waals surface area contributed by atoms with Crippen molar-refractivity contribution in [2.45, 2.75) is 19.8 Å². The molecule has 1 aromatic rings. The van der Waals surface area contributed by atoms with E-state index in [-0.39, 0.29) is 0 Å². The van der Waals surface area contributed by atoms with E-state index in [0.29, 0.717) is 11.5 Å². The van der Waals surface area contributed by atoms with Gasteiger partial charge in [0.2, 0.25) is 0 Å². The Kier molecular flexibility index (Phi) is 2.82. The van der Waals surface area contributed by atoms with Gasteiger partial charge in [-0.15, -0.1) is 5.10 Å². The molecule has 1 saturated heterocycles. The van der Waals surface area contributed by atoms with Crippen molar-refractivity contribution in [2.75, 3.05) is 18.0 Å². The van der Waals surface area contributed by atoms with Crippen LogP contribution in [0.15, 0.2) is 12.3 Å². The lowest BCUT2D eigenvalue weighted by atomic mass is 10.00. The van der Waals surface area contributed by atoms with Gasteiger partial charge >= 0.3 is 0 Å². The van der Waals surface area contributed by atoms with Crippen LogP contribution in [-0.2, 0) is 0 Å². The van der Waals surface area contributed by atoms with Crippen LogP contribution in [0.5, 0.6) is 0 Å². The van der Waals surface area contributed by atoms with Gasteiger partial charge in [0.25, 0.3) is 0 Å². The van der Waals surface area contributed by atoms with Gasteiger partial charge in [0.1, 0.15) is 6.07 Å². The Balaban J connectivity index is 2.25. The minimum absolute atomic E-state index is 0.624. The summed E-state index contributed by atoms with van der Waals surface area (Å²) in [6.07, 6.45) is 4.00. The molecule has 1 aromatic heterocycles. The summed E-state index contributed by atoms with van der Waals surface area (Å²) in [5.41, 5.74) is 0.624. The fraction of sp³-hybridized carbons (Fsp3) is 0.545. The van der Waals surface area contributed by atoms with Gasteiger partial charge in [-0.1, -0.05) is 6.92 Å². The van der Waals surface area contributed by atoms with Crippen molar-refractivity contribution in [3.8, 4) is 6.07 Å². The number of anilines is 1. The summed E-state index contributed by atoms with van der Waals surface area (Å²) in [6.45, 7) is 4.19. The van der Waals surface area contributed by atoms with Gasteiger partial charge in [-0.2, -0.15) is 10.4 Å². The lowest BCUT2D eigenvalue weighted by Crippen LogP contribution is -2.35. The second-order valence-corrected chi connectivity index (χ2v) is 4.07. The first kappa shape index (κ1) is 9.91. The topological polar surface area (TPSA) is 52.8 Å². The quantitative estimate of drug-likeness (QED) is 0.693. The molecule has 15 heavy (non-hydrogen) atoms. The van der Waals surface area contributed by atoms with E-state index < -0.39 is 0 Å². The van der Waals surface area contributed by atoms with Crippen LogP contribution >= 0.6 is 0 Å². The van der Waals surface area contributed by atoms with E-state index in [4.69, 9.17) is 5.26 Å². The maximum atomic E-state index is 8.97. The van der Waals surface area contributed by atoms with Gasteiger partial charge in [-0.05, 0) is 24.8 Å². The van der Waals surface area contributed by atoms with Crippen LogP contribution in [0, 0.1) is 17.2 Å². The molecular weight excluding hydrogens is 188 g/mol. The Morgan fingerprint density at radius 1 is 1.60 bits per heavy atom. The van der Waals surface area contributed by atoms with E-state index >= 15 is 0 Å². The molecule has 78 valence electrons. The highest BCUT2D eigenvalue weighted by Gasteiger charge is 2.19. The van der Waals surface area contributed by atoms with Gasteiger partial charge < -0.3 is 4.90 Å². The molecule has 0 aromatic carbocycles. The Hall–Kier alpha value is -1.63. The van der Waals surface area contributed by atoms with Crippen molar-refractivity contribution in [3.63, 3.8) is 0 Å². The second-order valence-electron chi connectivity index (χ2n) is 4.07. The molecule has 1 atom stereocenters. The summed E-state index contributed by atoms with van der Waals surface area (Å²) in [5.74, 6) is 1.42. The predicted octanol–water partition coefficient (Wildman–Crippen LogP) is 1.58. The molecule has 2 heterocycles. The summed E-state index contributed by atoms with van der Waals surface area (Å²) >= 11 is 0. The number of nitriles is 1. The number of hydrogen-bond acceptors (Lipinski definition) is 4. The fourth-order valence-electron chi connectivity index (χ4n) is 2.03. The zero-order chi connectivity index (χ0) is 10.7. The summed E-state index contributed by atoms with van der Waals surface area (Å²) in [7, 11) is 0. The van der Waals surface area contributed by atoms with Crippen molar-refractivity contribution in [1.82, 2.24) is 10.2 Å². The first-order valence-electron chi connectivity index (χ1n) is 5.28. The average molecular weight is 202 g/mol. The lowest BCUT2D eigenvalue weighted by Gasteiger charge is -2.31. The molecule has 4 nitrogen and oxygen atoms in total. The van der Waals surface area contributed by atoms with E-state index in [0.717, 1.165) is 18.9 Å². The maximum Gasteiger partial charge on any atom is 0.169 e. The molecule has 0 saturated carbocycles. The van der Waals surface area contributed by atoms with E-state index in [1.807, 2.05) is 0 Å². The lowest BCUT2D eigenvalue weighted by molar-refractivity contribution is 0.443. The molecule has 0 spiro atoms. The molecule has 2 rings (SSSR count). The third-order valence-corrected chi connectivity index (χ3v) is 2.78. The molecule has 1 unspecified atom stereocenters. The Morgan fingerprint density at radius 3 is 3.20 bits per heavy atom.